The first-order valence-corrected chi connectivity index (χ1v) is 13.6. The molecule has 214 valence electrons. The Bertz CT molecular complexity index is 1550. The number of aromatic nitrogens is 2. The third-order valence-corrected chi connectivity index (χ3v) is 7.41. The summed E-state index contributed by atoms with van der Waals surface area (Å²) in [6.45, 7) is 4.84. The largest absolute Gasteiger partial charge is 0.454 e. The fraction of sp³-hybridized carbons (Fsp3) is 0.323. The predicted molar refractivity (Wildman–Crippen MR) is 150 cm³/mol. The van der Waals surface area contributed by atoms with E-state index < -0.39 is 11.6 Å². The van der Waals surface area contributed by atoms with Crippen molar-refractivity contribution >= 4 is 22.7 Å². The number of likely N-dealkylation sites (tertiary alicyclic amines) is 1. The van der Waals surface area contributed by atoms with Crippen LogP contribution in [0.15, 0.2) is 60.8 Å². The van der Waals surface area contributed by atoms with Gasteiger partial charge in [0.15, 0.2) is 11.6 Å². The number of carbonyl (C=O) groups is 2. The summed E-state index contributed by atoms with van der Waals surface area (Å²) in [6.07, 6.45) is 3.69. The Morgan fingerprint density at radius 1 is 1.05 bits per heavy atom. The van der Waals surface area contributed by atoms with Crippen LogP contribution in [0.4, 0.5) is 8.78 Å². The van der Waals surface area contributed by atoms with Crippen LogP contribution in [0.1, 0.15) is 39.1 Å². The maximum Gasteiger partial charge on any atom is 0.253 e. The number of methoxy groups -OCH3 is 1. The molecule has 2 amide bonds. The molecule has 41 heavy (non-hydrogen) atoms. The minimum Gasteiger partial charge on any atom is -0.454 e. The van der Waals surface area contributed by atoms with Crippen LogP contribution in [0.3, 0.4) is 0 Å². The average molecular weight is 563 g/mol. The van der Waals surface area contributed by atoms with E-state index in [9.17, 15) is 18.4 Å². The van der Waals surface area contributed by atoms with Gasteiger partial charge in [0.2, 0.25) is 0 Å². The summed E-state index contributed by atoms with van der Waals surface area (Å²) in [7, 11) is 1.60. The number of ether oxygens (including phenoxy) is 2. The van der Waals surface area contributed by atoms with Gasteiger partial charge in [0.25, 0.3) is 11.8 Å². The number of hydrogen-bond donors (Lipinski definition) is 1. The maximum atomic E-state index is 13.9. The molecule has 1 aromatic heterocycles. The quantitative estimate of drug-likeness (QED) is 0.278. The molecule has 4 aromatic rings. The highest BCUT2D eigenvalue weighted by atomic mass is 19.1. The van der Waals surface area contributed by atoms with Gasteiger partial charge >= 0.3 is 0 Å². The van der Waals surface area contributed by atoms with E-state index in [1.165, 1.54) is 6.07 Å². The summed E-state index contributed by atoms with van der Waals surface area (Å²) < 4.78 is 39.4. The van der Waals surface area contributed by atoms with Crippen LogP contribution in [0.25, 0.3) is 10.9 Å². The highest BCUT2D eigenvalue weighted by Crippen LogP contribution is 2.27. The molecular weight excluding hydrogens is 530 g/mol. The van der Waals surface area contributed by atoms with E-state index in [0.29, 0.717) is 49.0 Å². The molecule has 0 unspecified atom stereocenters. The predicted octanol–water partition coefficient (Wildman–Crippen LogP) is 5.34. The van der Waals surface area contributed by atoms with Gasteiger partial charge in [-0.15, -0.1) is 0 Å². The number of benzene rings is 3. The molecule has 0 spiro atoms. The number of halogens is 2. The Labute approximate surface area is 236 Å². The molecule has 1 saturated heterocycles. The summed E-state index contributed by atoms with van der Waals surface area (Å²) in [4.78, 5) is 27.5. The third-order valence-electron chi connectivity index (χ3n) is 7.41. The van der Waals surface area contributed by atoms with E-state index >= 15 is 0 Å². The van der Waals surface area contributed by atoms with Crippen molar-refractivity contribution in [1.82, 2.24) is 20.0 Å². The molecule has 8 nitrogen and oxygen atoms in total. The van der Waals surface area contributed by atoms with Gasteiger partial charge < -0.3 is 19.7 Å². The zero-order valence-electron chi connectivity index (χ0n) is 23.0. The first-order chi connectivity index (χ1) is 19.8. The molecule has 10 heteroatoms. The maximum absolute atomic E-state index is 13.9. The molecule has 3 aromatic carbocycles. The number of nitrogens with one attached hydrogen (secondary N) is 1. The van der Waals surface area contributed by atoms with Crippen molar-refractivity contribution in [3.63, 3.8) is 0 Å². The number of amides is 2. The SMILES string of the molecule is COCCNC(=O)c1ccc2nn(CC3CCN(C(=O)c4ccc(Oc5ccc(F)cc5F)cc4)CC3)cc2c1C. The Kier molecular flexibility index (Phi) is 8.58. The molecule has 1 aliphatic rings. The van der Waals surface area contributed by atoms with E-state index in [-0.39, 0.29) is 17.6 Å². The lowest BCUT2D eigenvalue weighted by atomic mass is 9.96. The Hall–Kier alpha value is -4.31. The van der Waals surface area contributed by atoms with Crippen molar-refractivity contribution in [1.29, 1.82) is 0 Å². The van der Waals surface area contributed by atoms with Crippen molar-refractivity contribution in [2.45, 2.75) is 26.3 Å². The van der Waals surface area contributed by atoms with Crippen molar-refractivity contribution in [2.75, 3.05) is 33.4 Å². The lowest BCUT2D eigenvalue weighted by Gasteiger charge is -2.32. The van der Waals surface area contributed by atoms with Gasteiger partial charge in [-0.05, 0) is 79.8 Å². The number of nitrogens with zero attached hydrogens (tertiary/aromatic N) is 3. The second-order valence-electron chi connectivity index (χ2n) is 10.2. The molecular formula is C31H32F2N4O4. The first-order valence-electron chi connectivity index (χ1n) is 13.6. The van der Waals surface area contributed by atoms with E-state index in [4.69, 9.17) is 14.6 Å². The molecule has 0 aliphatic carbocycles. The number of aryl methyl sites for hydroxylation is 1. The summed E-state index contributed by atoms with van der Waals surface area (Å²) in [5.41, 5.74) is 2.88. The van der Waals surface area contributed by atoms with E-state index in [1.54, 1.807) is 37.4 Å². The smallest absolute Gasteiger partial charge is 0.253 e. The Balaban J connectivity index is 1.15. The van der Waals surface area contributed by atoms with Gasteiger partial charge in [0.1, 0.15) is 11.6 Å². The van der Waals surface area contributed by atoms with Crippen molar-refractivity contribution in [2.24, 2.45) is 5.92 Å². The molecule has 0 saturated carbocycles. The fourth-order valence-corrected chi connectivity index (χ4v) is 5.10. The van der Waals surface area contributed by atoms with Crippen LogP contribution >= 0.6 is 0 Å². The monoisotopic (exact) mass is 562 g/mol. The van der Waals surface area contributed by atoms with Crippen LogP contribution in [-0.2, 0) is 11.3 Å². The first kappa shape index (κ1) is 28.2. The van der Waals surface area contributed by atoms with Crippen LogP contribution in [0.2, 0.25) is 0 Å². The molecule has 0 atom stereocenters. The van der Waals surface area contributed by atoms with Crippen LogP contribution < -0.4 is 10.1 Å². The molecule has 0 radical (unpaired) electrons. The molecule has 1 N–H and O–H groups in total. The number of hydrogen-bond acceptors (Lipinski definition) is 5. The molecule has 1 fully saturated rings. The zero-order chi connectivity index (χ0) is 28.9. The lowest BCUT2D eigenvalue weighted by Crippen LogP contribution is -2.39. The summed E-state index contributed by atoms with van der Waals surface area (Å²) in [5, 5.41) is 8.54. The summed E-state index contributed by atoms with van der Waals surface area (Å²) in [5.74, 6) is -1.04. The second kappa shape index (κ2) is 12.5. The molecule has 0 bridgehead atoms. The van der Waals surface area contributed by atoms with E-state index in [0.717, 1.165) is 48.0 Å². The van der Waals surface area contributed by atoms with Gasteiger partial charge in [-0.3, -0.25) is 14.3 Å². The standard InChI is InChI=1S/C31H32F2N4O4/c1-20-25(30(38)34-13-16-40-2)8-9-28-26(20)19-37(35-28)18-21-11-14-36(15-12-21)31(39)22-3-6-24(7-4-22)41-29-10-5-23(32)17-27(29)33/h3-10,17,19,21H,11-16,18H2,1-2H3,(H,34,38). The van der Waals surface area contributed by atoms with Crippen LogP contribution in [-0.4, -0.2) is 59.8 Å². The van der Waals surface area contributed by atoms with E-state index in [2.05, 4.69) is 5.32 Å². The number of carbonyl (C=O) groups excluding carboxylic acids is 2. The number of rotatable bonds is 9. The normalized spacial score (nSPS) is 13.9. The second-order valence-corrected chi connectivity index (χ2v) is 10.2. The lowest BCUT2D eigenvalue weighted by molar-refractivity contribution is 0.0681. The van der Waals surface area contributed by atoms with Gasteiger partial charge in [-0.2, -0.15) is 5.10 Å². The van der Waals surface area contributed by atoms with Gasteiger partial charge in [0.05, 0.1) is 12.1 Å². The van der Waals surface area contributed by atoms with Gasteiger partial charge in [-0.25, -0.2) is 8.78 Å². The molecule has 2 heterocycles. The Morgan fingerprint density at radius 3 is 2.51 bits per heavy atom. The van der Waals surface area contributed by atoms with E-state index in [1.807, 2.05) is 28.8 Å². The average Bonchev–Trinajstić information content (AvgIpc) is 3.39. The van der Waals surface area contributed by atoms with Crippen molar-refractivity contribution in [3.05, 3.63) is 89.1 Å². The summed E-state index contributed by atoms with van der Waals surface area (Å²) in [6, 6.07) is 13.3. The van der Waals surface area contributed by atoms with Gasteiger partial charge in [0, 0.05) is 62.1 Å². The number of piperidine rings is 1. The fourth-order valence-electron chi connectivity index (χ4n) is 5.10. The topological polar surface area (TPSA) is 85.7 Å². The molecule has 5 rings (SSSR count). The summed E-state index contributed by atoms with van der Waals surface area (Å²) >= 11 is 0. The van der Waals surface area contributed by atoms with Crippen LogP contribution in [0.5, 0.6) is 11.5 Å². The third kappa shape index (κ3) is 6.54. The van der Waals surface area contributed by atoms with Crippen molar-refractivity contribution in [3.8, 4) is 11.5 Å². The number of fused-ring (bicyclic) bond motifs is 1. The highest BCUT2D eigenvalue weighted by molar-refractivity contribution is 6.00. The zero-order valence-corrected chi connectivity index (χ0v) is 23.0. The molecule has 1 aliphatic heterocycles. The van der Waals surface area contributed by atoms with Crippen LogP contribution in [0, 0.1) is 24.5 Å². The van der Waals surface area contributed by atoms with Gasteiger partial charge in [-0.1, -0.05) is 0 Å². The minimum absolute atomic E-state index is 0.0697. The minimum atomic E-state index is -0.794. The van der Waals surface area contributed by atoms with Crippen molar-refractivity contribution < 1.29 is 27.8 Å². The Morgan fingerprint density at radius 2 is 1.80 bits per heavy atom. The highest BCUT2D eigenvalue weighted by Gasteiger charge is 2.24.